The van der Waals surface area contributed by atoms with Crippen LogP contribution in [0.15, 0.2) is 23.0 Å². The quantitative estimate of drug-likeness (QED) is 0.622. The van der Waals surface area contributed by atoms with Crippen molar-refractivity contribution in [2.75, 3.05) is 5.32 Å². The summed E-state index contributed by atoms with van der Waals surface area (Å²) in [6.45, 7) is 1.84. The summed E-state index contributed by atoms with van der Waals surface area (Å²) in [7, 11) is 0. The predicted molar refractivity (Wildman–Crippen MR) is 65.8 cm³/mol. The van der Waals surface area contributed by atoms with Crippen LogP contribution in [0.5, 0.6) is 0 Å². The highest BCUT2D eigenvalue weighted by molar-refractivity contribution is 5.96. The van der Waals surface area contributed by atoms with Crippen molar-refractivity contribution in [1.29, 1.82) is 0 Å². The number of hydrogen-bond donors (Lipinski definition) is 4. The van der Waals surface area contributed by atoms with Gasteiger partial charge in [0.05, 0.1) is 17.1 Å². The molecule has 0 unspecified atom stereocenters. The Morgan fingerprint density at radius 2 is 2.12 bits per heavy atom. The summed E-state index contributed by atoms with van der Waals surface area (Å²) in [6, 6.07) is 4.61. The summed E-state index contributed by atoms with van der Waals surface area (Å²) in [5.74, 6) is -0.232. The van der Waals surface area contributed by atoms with Crippen molar-refractivity contribution in [2.24, 2.45) is 5.73 Å². The van der Waals surface area contributed by atoms with Gasteiger partial charge in [-0.1, -0.05) is 6.92 Å². The number of aromatic amines is 2. The number of benzene rings is 1. The Kier molecular flexibility index (Phi) is 2.97. The molecular formula is C11H14N4O2. The van der Waals surface area contributed by atoms with Crippen LogP contribution in [0.2, 0.25) is 0 Å². The average Bonchev–Trinajstić information content (AvgIpc) is 2.67. The molecular weight excluding hydrogens is 220 g/mol. The molecule has 0 aliphatic carbocycles. The van der Waals surface area contributed by atoms with E-state index in [0.717, 1.165) is 0 Å². The smallest absolute Gasteiger partial charge is 0.323 e. The number of imidazole rings is 1. The summed E-state index contributed by atoms with van der Waals surface area (Å²) in [4.78, 5) is 27.9. The van der Waals surface area contributed by atoms with Gasteiger partial charge >= 0.3 is 5.69 Å². The second kappa shape index (κ2) is 4.42. The van der Waals surface area contributed by atoms with Crippen molar-refractivity contribution in [3.63, 3.8) is 0 Å². The summed E-state index contributed by atoms with van der Waals surface area (Å²) in [5, 5.41) is 2.69. The van der Waals surface area contributed by atoms with Crippen molar-refractivity contribution in [1.82, 2.24) is 9.97 Å². The van der Waals surface area contributed by atoms with Crippen molar-refractivity contribution < 1.29 is 4.79 Å². The monoisotopic (exact) mass is 234 g/mol. The van der Waals surface area contributed by atoms with Gasteiger partial charge in [0.25, 0.3) is 0 Å². The van der Waals surface area contributed by atoms with E-state index in [1.165, 1.54) is 0 Å². The Balaban J connectivity index is 2.24. The molecule has 1 atom stereocenters. The summed E-state index contributed by atoms with van der Waals surface area (Å²) >= 11 is 0. The summed E-state index contributed by atoms with van der Waals surface area (Å²) in [6.07, 6.45) is 0.578. The van der Waals surface area contributed by atoms with Gasteiger partial charge in [-0.2, -0.15) is 0 Å². The molecule has 0 aliphatic heterocycles. The fourth-order valence-electron chi connectivity index (χ4n) is 1.53. The van der Waals surface area contributed by atoms with Gasteiger partial charge in [-0.25, -0.2) is 4.79 Å². The SMILES string of the molecule is CC[C@H](N)C(=O)Nc1ccc2[nH]c(=O)[nH]c2c1. The molecule has 1 heterocycles. The number of nitrogens with one attached hydrogen (secondary N) is 3. The molecule has 1 aromatic carbocycles. The molecule has 0 spiro atoms. The minimum Gasteiger partial charge on any atom is -0.325 e. The number of rotatable bonds is 3. The maximum Gasteiger partial charge on any atom is 0.323 e. The second-order valence-corrected chi connectivity index (χ2v) is 3.84. The first kappa shape index (κ1) is 11.4. The molecule has 17 heavy (non-hydrogen) atoms. The number of fused-ring (bicyclic) bond motifs is 1. The van der Waals surface area contributed by atoms with Crippen molar-refractivity contribution in [3.8, 4) is 0 Å². The number of aromatic nitrogens is 2. The summed E-state index contributed by atoms with van der Waals surface area (Å²) < 4.78 is 0. The molecule has 0 bridgehead atoms. The number of H-pyrrole nitrogens is 2. The van der Waals surface area contributed by atoms with Crippen LogP contribution in [0.25, 0.3) is 11.0 Å². The van der Waals surface area contributed by atoms with E-state index in [1.54, 1.807) is 18.2 Å². The van der Waals surface area contributed by atoms with Crippen LogP contribution in [0, 0.1) is 0 Å². The lowest BCUT2D eigenvalue weighted by molar-refractivity contribution is -0.117. The molecule has 6 nitrogen and oxygen atoms in total. The number of hydrogen-bond acceptors (Lipinski definition) is 3. The predicted octanol–water partition coefficient (Wildman–Crippen LogP) is 0.532. The number of carbonyl (C=O) groups is 1. The van der Waals surface area contributed by atoms with E-state index in [9.17, 15) is 9.59 Å². The molecule has 1 amide bonds. The van der Waals surface area contributed by atoms with Crippen LogP contribution < -0.4 is 16.7 Å². The molecule has 6 heteroatoms. The fourth-order valence-corrected chi connectivity index (χ4v) is 1.53. The van der Waals surface area contributed by atoms with Gasteiger partial charge in [0.15, 0.2) is 0 Å². The topological polar surface area (TPSA) is 104 Å². The van der Waals surface area contributed by atoms with Gasteiger partial charge in [-0.3, -0.25) is 4.79 Å². The molecule has 2 aromatic rings. The third kappa shape index (κ3) is 2.36. The van der Waals surface area contributed by atoms with E-state index in [1.807, 2.05) is 6.92 Å². The van der Waals surface area contributed by atoms with E-state index >= 15 is 0 Å². The Morgan fingerprint density at radius 3 is 2.82 bits per heavy atom. The van der Waals surface area contributed by atoms with E-state index < -0.39 is 6.04 Å². The molecule has 0 saturated carbocycles. The van der Waals surface area contributed by atoms with Crippen LogP contribution in [0.1, 0.15) is 13.3 Å². The molecule has 0 saturated heterocycles. The number of carbonyl (C=O) groups excluding carboxylic acids is 1. The van der Waals surface area contributed by atoms with Gasteiger partial charge in [0, 0.05) is 5.69 Å². The van der Waals surface area contributed by atoms with Crippen LogP contribution in [-0.2, 0) is 4.79 Å². The lowest BCUT2D eigenvalue weighted by atomic mass is 10.2. The van der Waals surface area contributed by atoms with Gasteiger partial charge in [0.2, 0.25) is 5.91 Å². The second-order valence-electron chi connectivity index (χ2n) is 3.84. The van der Waals surface area contributed by atoms with Crippen LogP contribution in [0.4, 0.5) is 5.69 Å². The van der Waals surface area contributed by atoms with Crippen LogP contribution in [0.3, 0.4) is 0 Å². The third-order valence-electron chi connectivity index (χ3n) is 2.56. The normalized spacial score (nSPS) is 12.6. The average molecular weight is 234 g/mol. The van der Waals surface area contributed by atoms with Crippen LogP contribution in [-0.4, -0.2) is 21.9 Å². The minimum atomic E-state index is -0.518. The van der Waals surface area contributed by atoms with E-state index in [4.69, 9.17) is 5.73 Å². The van der Waals surface area contributed by atoms with E-state index in [0.29, 0.717) is 23.1 Å². The van der Waals surface area contributed by atoms with E-state index in [2.05, 4.69) is 15.3 Å². The number of nitrogens with two attached hydrogens (primary N) is 1. The van der Waals surface area contributed by atoms with E-state index in [-0.39, 0.29) is 11.6 Å². The Bertz CT molecular complexity index is 599. The minimum absolute atomic E-state index is 0.232. The highest BCUT2D eigenvalue weighted by atomic mass is 16.2. The Morgan fingerprint density at radius 1 is 1.41 bits per heavy atom. The van der Waals surface area contributed by atoms with Crippen molar-refractivity contribution in [2.45, 2.75) is 19.4 Å². The molecule has 0 fully saturated rings. The zero-order chi connectivity index (χ0) is 12.4. The molecule has 2 rings (SSSR count). The lowest BCUT2D eigenvalue weighted by Gasteiger charge is -2.09. The molecule has 0 radical (unpaired) electrons. The first-order chi connectivity index (χ1) is 8.10. The van der Waals surface area contributed by atoms with Crippen molar-refractivity contribution >= 4 is 22.6 Å². The zero-order valence-corrected chi connectivity index (χ0v) is 9.41. The van der Waals surface area contributed by atoms with Crippen LogP contribution >= 0.6 is 0 Å². The first-order valence-corrected chi connectivity index (χ1v) is 5.38. The Labute approximate surface area is 97.2 Å². The third-order valence-corrected chi connectivity index (χ3v) is 2.56. The standard InChI is InChI=1S/C11H14N4O2/c1-2-7(12)10(16)13-6-3-4-8-9(5-6)15-11(17)14-8/h3-5,7H,2,12H2,1H3,(H,13,16)(H2,14,15,17)/t7-/m0/s1. The highest BCUT2D eigenvalue weighted by Gasteiger charge is 2.11. The van der Waals surface area contributed by atoms with Gasteiger partial charge in [0.1, 0.15) is 0 Å². The zero-order valence-electron chi connectivity index (χ0n) is 9.41. The number of anilines is 1. The summed E-state index contributed by atoms with van der Waals surface area (Å²) in [5.41, 5.74) is 7.30. The molecule has 0 aliphatic rings. The first-order valence-electron chi connectivity index (χ1n) is 5.38. The fraction of sp³-hybridized carbons (Fsp3) is 0.273. The lowest BCUT2D eigenvalue weighted by Crippen LogP contribution is -2.34. The maximum absolute atomic E-state index is 11.6. The highest BCUT2D eigenvalue weighted by Crippen LogP contribution is 2.14. The molecule has 1 aromatic heterocycles. The Hall–Kier alpha value is -2.08. The number of amides is 1. The maximum atomic E-state index is 11.6. The van der Waals surface area contributed by atoms with Gasteiger partial charge in [-0.05, 0) is 24.6 Å². The van der Waals surface area contributed by atoms with Gasteiger partial charge < -0.3 is 21.0 Å². The van der Waals surface area contributed by atoms with Gasteiger partial charge in [-0.15, -0.1) is 0 Å². The largest absolute Gasteiger partial charge is 0.325 e. The molecule has 5 N–H and O–H groups in total. The molecule has 90 valence electrons. The van der Waals surface area contributed by atoms with Crippen molar-refractivity contribution in [3.05, 3.63) is 28.7 Å².